The molecule has 0 amide bonds. The van der Waals surface area contributed by atoms with Gasteiger partial charge in [0, 0.05) is 0 Å². The van der Waals surface area contributed by atoms with E-state index in [9.17, 15) is 0 Å². The van der Waals surface area contributed by atoms with Crippen molar-refractivity contribution in [3.05, 3.63) is 47.5 Å². The fraction of sp³-hybridized carbons (Fsp3) is 0.143. The SMILES string of the molecule is Bc1ccc2ccc(/C=C\C)c(C)c2c1. The lowest BCUT2D eigenvalue weighted by Gasteiger charge is -2.07. The summed E-state index contributed by atoms with van der Waals surface area (Å²) in [6.45, 7) is 4.25. The van der Waals surface area contributed by atoms with E-state index in [1.54, 1.807) is 0 Å². The first-order chi connectivity index (χ1) is 7.22. The summed E-state index contributed by atoms with van der Waals surface area (Å²) in [5, 5.41) is 2.69. The minimum absolute atomic E-state index is 1.32. The Morgan fingerprint density at radius 2 is 1.87 bits per heavy atom. The molecule has 2 aromatic carbocycles. The molecule has 0 aliphatic carbocycles. The number of hydrogen-bond acceptors (Lipinski definition) is 0. The molecule has 0 saturated heterocycles. The summed E-state index contributed by atoms with van der Waals surface area (Å²) >= 11 is 0. The van der Waals surface area contributed by atoms with Gasteiger partial charge in [0.25, 0.3) is 0 Å². The third-order valence-corrected chi connectivity index (χ3v) is 2.83. The van der Waals surface area contributed by atoms with Gasteiger partial charge in [0.05, 0.1) is 0 Å². The average Bonchev–Trinajstić information content (AvgIpc) is 2.23. The van der Waals surface area contributed by atoms with Crippen LogP contribution in [0, 0.1) is 6.92 Å². The van der Waals surface area contributed by atoms with Crippen LogP contribution in [0.1, 0.15) is 18.1 Å². The van der Waals surface area contributed by atoms with Gasteiger partial charge in [-0.15, -0.1) is 0 Å². The highest BCUT2D eigenvalue weighted by atomic mass is 14.0. The van der Waals surface area contributed by atoms with Crippen LogP contribution in [0.2, 0.25) is 0 Å². The molecule has 2 rings (SSSR count). The smallest absolute Gasteiger partial charge is 0.0883 e. The molecule has 0 nitrogen and oxygen atoms in total. The van der Waals surface area contributed by atoms with Crippen LogP contribution in [0.25, 0.3) is 16.8 Å². The molecule has 0 radical (unpaired) electrons. The van der Waals surface area contributed by atoms with E-state index in [4.69, 9.17) is 0 Å². The zero-order valence-corrected chi connectivity index (χ0v) is 9.54. The fourth-order valence-corrected chi connectivity index (χ4v) is 1.96. The van der Waals surface area contributed by atoms with E-state index in [2.05, 4.69) is 64.2 Å². The van der Waals surface area contributed by atoms with Crippen LogP contribution < -0.4 is 5.46 Å². The summed E-state index contributed by atoms with van der Waals surface area (Å²) in [5.41, 5.74) is 4.01. The first-order valence-corrected chi connectivity index (χ1v) is 5.35. The van der Waals surface area contributed by atoms with Gasteiger partial charge in [-0.1, -0.05) is 47.9 Å². The van der Waals surface area contributed by atoms with Gasteiger partial charge in [0.15, 0.2) is 0 Å². The monoisotopic (exact) mass is 194 g/mol. The number of aryl methyl sites for hydroxylation is 1. The first kappa shape index (κ1) is 10.0. The maximum Gasteiger partial charge on any atom is 0.139 e. The molecular weight excluding hydrogens is 179 g/mol. The molecule has 1 heteroatoms. The van der Waals surface area contributed by atoms with Crippen LogP contribution in [-0.4, -0.2) is 7.85 Å². The molecule has 15 heavy (non-hydrogen) atoms. The fourth-order valence-electron chi connectivity index (χ4n) is 1.96. The Morgan fingerprint density at radius 3 is 2.60 bits per heavy atom. The maximum atomic E-state index is 2.26. The topological polar surface area (TPSA) is 0 Å². The molecule has 0 heterocycles. The molecule has 0 spiro atoms. The number of hydrogen-bond donors (Lipinski definition) is 0. The summed E-state index contributed by atoms with van der Waals surface area (Å²) in [6, 6.07) is 11.0. The molecule has 0 saturated carbocycles. The number of allylic oxidation sites excluding steroid dienone is 1. The van der Waals surface area contributed by atoms with Gasteiger partial charge in [-0.25, -0.2) is 0 Å². The predicted octanol–water partition coefficient (Wildman–Crippen LogP) is 2.44. The van der Waals surface area contributed by atoms with Crippen molar-refractivity contribution in [1.82, 2.24) is 0 Å². The lowest BCUT2D eigenvalue weighted by atomic mass is 9.91. The highest BCUT2D eigenvalue weighted by molar-refractivity contribution is 6.33. The van der Waals surface area contributed by atoms with Crippen LogP contribution in [0.15, 0.2) is 36.4 Å². The Bertz CT molecular complexity index is 524. The van der Waals surface area contributed by atoms with Crippen LogP contribution >= 0.6 is 0 Å². The third kappa shape index (κ3) is 1.82. The van der Waals surface area contributed by atoms with Gasteiger partial charge in [-0.05, 0) is 35.7 Å². The number of rotatable bonds is 1. The zero-order chi connectivity index (χ0) is 10.8. The standard InChI is InChI=1S/C14H15B/c1-3-4-11-5-6-12-7-8-13(15)9-14(12)10(11)2/h3-9H,15H2,1-2H3/b4-3-. The summed E-state index contributed by atoms with van der Waals surface area (Å²) in [7, 11) is 2.14. The minimum atomic E-state index is 1.32. The molecule has 74 valence electrons. The van der Waals surface area contributed by atoms with E-state index in [1.165, 1.54) is 27.4 Å². The van der Waals surface area contributed by atoms with Crippen molar-refractivity contribution in [2.24, 2.45) is 0 Å². The molecule has 0 aliphatic heterocycles. The van der Waals surface area contributed by atoms with Crippen molar-refractivity contribution in [3.8, 4) is 0 Å². The van der Waals surface area contributed by atoms with E-state index in [-0.39, 0.29) is 0 Å². The predicted molar refractivity (Wildman–Crippen MR) is 71.6 cm³/mol. The van der Waals surface area contributed by atoms with Crippen molar-refractivity contribution < 1.29 is 0 Å². The van der Waals surface area contributed by atoms with E-state index < -0.39 is 0 Å². The Morgan fingerprint density at radius 1 is 1.13 bits per heavy atom. The van der Waals surface area contributed by atoms with Gasteiger partial charge in [-0.2, -0.15) is 0 Å². The van der Waals surface area contributed by atoms with Gasteiger partial charge < -0.3 is 0 Å². The van der Waals surface area contributed by atoms with E-state index in [0.29, 0.717) is 0 Å². The lowest BCUT2D eigenvalue weighted by molar-refractivity contribution is 1.50. The second-order valence-electron chi connectivity index (χ2n) is 4.00. The summed E-state index contributed by atoms with van der Waals surface area (Å²) in [4.78, 5) is 0. The highest BCUT2D eigenvalue weighted by Crippen LogP contribution is 2.21. The van der Waals surface area contributed by atoms with Crippen molar-refractivity contribution in [2.75, 3.05) is 0 Å². The van der Waals surface area contributed by atoms with E-state index in [1.807, 2.05) is 0 Å². The van der Waals surface area contributed by atoms with Gasteiger partial charge >= 0.3 is 0 Å². The van der Waals surface area contributed by atoms with Crippen LogP contribution in [-0.2, 0) is 0 Å². The Balaban J connectivity index is 2.76. The molecule has 0 unspecified atom stereocenters. The molecule has 0 fully saturated rings. The van der Waals surface area contributed by atoms with Crippen LogP contribution in [0.4, 0.5) is 0 Å². The first-order valence-electron chi connectivity index (χ1n) is 5.35. The van der Waals surface area contributed by atoms with Crippen molar-refractivity contribution in [3.63, 3.8) is 0 Å². The maximum absolute atomic E-state index is 2.26. The summed E-state index contributed by atoms with van der Waals surface area (Å²) < 4.78 is 0. The molecule has 0 aromatic heterocycles. The van der Waals surface area contributed by atoms with Crippen molar-refractivity contribution >= 4 is 30.2 Å². The van der Waals surface area contributed by atoms with Crippen LogP contribution in [0.5, 0.6) is 0 Å². The van der Waals surface area contributed by atoms with Gasteiger partial charge in [-0.3, -0.25) is 0 Å². The van der Waals surface area contributed by atoms with Gasteiger partial charge in [0.2, 0.25) is 0 Å². The molecule has 0 atom stereocenters. The molecule has 0 aliphatic rings. The number of fused-ring (bicyclic) bond motifs is 1. The summed E-state index contributed by atoms with van der Waals surface area (Å²) in [5.74, 6) is 0. The number of benzene rings is 2. The normalized spacial score (nSPS) is 11.3. The lowest BCUT2D eigenvalue weighted by Crippen LogP contribution is -2.00. The quantitative estimate of drug-likeness (QED) is 0.611. The Kier molecular flexibility index (Phi) is 2.63. The Hall–Kier alpha value is -1.50. The second-order valence-corrected chi connectivity index (χ2v) is 4.00. The van der Waals surface area contributed by atoms with Crippen LogP contribution in [0.3, 0.4) is 0 Å². The van der Waals surface area contributed by atoms with Gasteiger partial charge in [0.1, 0.15) is 7.85 Å². The molecule has 0 N–H and O–H groups in total. The zero-order valence-electron chi connectivity index (χ0n) is 9.54. The molecular formula is C14H15B. The molecule has 0 bridgehead atoms. The minimum Gasteiger partial charge on any atom is -0.0883 e. The Labute approximate surface area is 92.0 Å². The van der Waals surface area contributed by atoms with Crippen molar-refractivity contribution in [2.45, 2.75) is 13.8 Å². The second kappa shape index (κ2) is 3.94. The summed E-state index contributed by atoms with van der Waals surface area (Å²) in [6.07, 6.45) is 4.25. The third-order valence-electron chi connectivity index (χ3n) is 2.83. The molecule has 2 aromatic rings. The average molecular weight is 194 g/mol. The van der Waals surface area contributed by atoms with E-state index >= 15 is 0 Å². The van der Waals surface area contributed by atoms with Crippen molar-refractivity contribution in [1.29, 1.82) is 0 Å². The largest absolute Gasteiger partial charge is 0.139 e. The van der Waals surface area contributed by atoms with E-state index in [0.717, 1.165) is 0 Å². The highest BCUT2D eigenvalue weighted by Gasteiger charge is 2.00.